The number of carbonyl (C=O) groups is 3. The van der Waals surface area contributed by atoms with E-state index >= 15 is 0 Å². The van der Waals surface area contributed by atoms with Gasteiger partial charge in [0.25, 0.3) is 0 Å². The fourth-order valence-electron chi connectivity index (χ4n) is 2.94. The van der Waals surface area contributed by atoms with Crippen molar-refractivity contribution < 1.29 is 69.6 Å². The van der Waals surface area contributed by atoms with Crippen LogP contribution in [0.3, 0.4) is 0 Å². The Morgan fingerprint density at radius 2 is 0.846 bits per heavy atom. The van der Waals surface area contributed by atoms with E-state index in [1.165, 1.54) is 20.8 Å². The van der Waals surface area contributed by atoms with Gasteiger partial charge in [-0.3, -0.25) is 14.7 Å². The van der Waals surface area contributed by atoms with Crippen molar-refractivity contribution in [3.8, 4) is 0 Å². The van der Waals surface area contributed by atoms with Crippen LogP contribution in [0.15, 0.2) is 0 Å². The second-order valence-electron chi connectivity index (χ2n) is 6.45. The molecule has 26 heavy (non-hydrogen) atoms. The van der Waals surface area contributed by atoms with E-state index in [2.05, 4.69) is 0 Å². The van der Waals surface area contributed by atoms with E-state index in [9.17, 15) is 29.7 Å². The van der Waals surface area contributed by atoms with E-state index in [1.54, 1.807) is 14.7 Å². The average Bonchev–Trinajstić information content (AvgIpc) is 2.56. The van der Waals surface area contributed by atoms with Crippen LogP contribution < -0.4 is 15.3 Å². The third-order valence-corrected chi connectivity index (χ3v) is 4.91. The van der Waals surface area contributed by atoms with Gasteiger partial charge in [-0.15, -0.1) is 0 Å². The summed E-state index contributed by atoms with van der Waals surface area (Å²) in [7, 11) is 0. The fourth-order valence-corrected chi connectivity index (χ4v) is 2.94. The largest absolute Gasteiger partial charge is 3.00 e. The molecule has 0 aromatic carbocycles. The first-order valence-electron chi connectivity index (χ1n) is 8.49. The summed E-state index contributed by atoms with van der Waals surface area (Å²) in [6.45, 7) is 6.86. The number of carboxylic acid groups (broad SMARTS) is 3. The normalized spacial score (nSPS) is 21.8. The standard InChI is InChI=1S/C16H29N3O6.Gd/c1-11(14(20)21)17-5-4-6-18(12(2)15(22)23)8-10-19(9-7-17)13(3)16(24)25;/h11-13H,4-10H2,1-3H3,(H,20,21)(H,22,23)(H,24,25);/q;+3/p-3. The number of rotatable bonds is 6. The van der Waals surface area contributed by atoms with Crippen LogP contribution >= 0.6 is 0 Å². The van der Waals surface area contributed by atoms with Crippen LogP contribution in [0.1, 0.15) is 27.2 Å². The van der Waals surface area contributed by atoms with Gasteiger partial charge in [-0.1, -0.05) is 0 Å². The Morgan fingerprint density at radius 3 is 1.08 bits per heavy atom. The van der Waals surface area contributed by atoms with Crippen molar-refractivity contribution >= 4 is 17.9 Å². The van der Waals surface area contributed by atoms with Crippen molar-refractivity contribution in [2.75, 3.05) is 39.3 Å². The van der Waals surface area contributed by atoms with Crippen molar-refractivity contribution in [2.45, 2.75) is 45.3 Å². The molecule has 1 fully saturated rings. The summed E-state index contributed by atoms with van der Waals surface area (Å²) in [5, 5.41) is 33.5. The zero-order valence-electron chi connectivity index (χ0n) is 15.3. The average molecular weight is 514 g/mol. The zero-order chi connectivity index (χ0) is 19.1. The first-order valence-corrected chi connectivity index (χ1v) is 8.49. The summed E-state index contributed by atoms with van der Waals surface area (Å²) in [4.78, 5) is 38.6. The van der Waals surface area contributed by atoms with Gasteiger partial charge in [-0.2, -0.15) is 0 Å². The Bertz CT molecular complexity index is 461. The number of carbonyl (C=O) groups excluding carboxylic acids is 3. The van der Waals surface area contributed by atoms with Gasteiger partial charge in [-0.25, -0.2) is 0 Å². The maximum absolute atomic E-state index is 11.2. The molecule has 0 spiro atoms. The summed E-state index contributed by atoms with van der Waals surface area (Å²) in [6.07, 6.45) is 0.589. The first kappa shape index (κ1) is 25.6. The molecule has 0 aromatic heterocycles. The number of hydrogen-bond acceptors (Lipinski definition) is 9. The van der Waals surface area contributed by atoms with Crippen LogP contribution in [0.2, 0.25) is 0 Å². The minimum Gasteiger partial charge on any atom is -0.548 e. The molecule has 1 radical (unpaired) electrons. The van der Waals surface area contributed by atoms with Crippen LogP contribution in [0, 0.1) is 39.9 Å². The van der Waals surface area contributed by atoms with E-state index in [1.807, 2.05) is 0 Å². The quantitative estimate of drug-likeness (QED) is 0.346. The molecular formula is C16H26GdN3O6. The van der Waals surface area contributed by atoms with Crippen LogP contribution in [0.5, 0.6) is 0 Å². The SMILES string of the molecule is CC(C(=O)[O-])N1CCCN(C(C)C(=O)[O-])CCN(C(C)C(=O)[O-])CC1.[Gd+3]. The maximum Gasteiger partial charge on any atom is 3.00 e. The molecule has 0 aliphatic carbocycles. The number of aliphatic carboxylic acids is 3. The fraction of sp³-hybridized carbons (Fsp3) is 0.812. The summed E-state index contributed by atoms with van der Waals surface area (Å²) in [6, 6.07) is -2.49. The van der Waals surface area contributed by atoms with Gasteiger partial charge < -0.3 is 29.7 Å². The molecular weight excluding hydrogens is 487 g/mol. The maximum atomic E-state index is 11.2. The van der Waals surface area contributed by atoms with Gasteiger partial charge in [0, 0.05) is 57.4 Å². The number of hydrogen-bond donors (Lipinski definition) is 0. The molecule has 0 bridgehead atoms. The van der Waals surface area contributed by atoms with E-state index in [-0.39, 0.29) is 39.9 Å². The predicted molar refractivity (Wildman–Crippen MR) is 82.7 cm³/mol. The summed E-state index contributed by atoms with van der Waals surface area (Å²) < 4.78 is 0. The molecule has 1 rings (SSSR count). The van der Waals surface area contributed by atoms with Crippen LogP contribution in [-0.2, 0) is 14.4 Å². The summed E-state index contributed by atoms with van der Waals surface area (Å²) >= 11 is 0. The number of carboxylic acids is 3. The van der Waals surface area contributed by atoms with Crippen molar-refractivity contribution in [3.63, 3.8) is 0 Å². The third kappa shape index (κ3) is 7.70. The molecule has 0 aromatic rings. The summed E-state index contributed by atoms with van der Waals surface area (Å²) in [5.41, 5.74) is 0. The molecule has 9 nitrogen and oxygen atoms in total. The van der Waals surface area contributed by atoms with Crippen molar-refractivity contribution in [2.24, 2.45) is 0 Å². The molecule has 1 saturated heterocycles. The molecule has 3 unspecified atom stereocenters. The van der Waals surface area contributed by atoms with Gasteiger partial charge in [0.2, 0.25) is 0 Å². The third-order valence-electron chi connectivity index (χ3n) is 4.91. The smallest absolute Gasteiger partial charge is 0.548 e. The molecule has 149 valence electrons. The first-order chi connectivity index (χ1) is 11.6. The molecule has 3 atom stereocenters. The molecule has 1 aliphatic rings. The van der Waals surface area contributed by atoms with E-state index in [0.717, 1.165) is 0 Å². The molecule has 10 heteroatoms. The minimum absolute atomic E-state index is 0. The Morgan fingerprint density at radius 1 is 0.615 bits per heavy atom. The monoisotopic (exact) mass is 514 g/mol. The van der Waals surface area contributed by atoms with Gasteiger partial charge in [-0.05, 0) is 27.2 Å². The topological polar surface area (TPSA) is 130 Å². The Balaban J connectivity index is 0.00000625. The van der Waals surface area contributed by atoms with E-state index in [0.29, 0.717) is 45.7 Å². The molecule has 1 heterocycles. The van der Waals surface area contributed by atoms with Crippen molar-refractivity contribution in [1.29, 1.82) is 0 Å². The van der Waals surface area contributed by atoms with Gasteiger partial charge in [0.15, 0.2) is 0 Å². The number of nitrogens with zero attached hydrogens (tertiary/aromatic N) is 3. The predicted octanol–water partition coefficient (Wildman–Crippen LogP) is -4.29. The second-order valence-corrected chi connectivity index (χ2v) is 6.45. The van der Waals surface area contributed by atoms with E-state index in [4.69, 9.17) is 0 Å². The molecule has 0 saturated carbocycles. The van der Waals surface area contributed by atoms with Crippen molar-refractivity contribution in [1.82, 2.24) is 14.7 Å². The molecule has 0 amide bonds. The van der Waals surface area contributed by atoms with Crippen LogP contribution in [0.4, 0.5) is 0 Å². The summed E-state index contributed by atoms with van der Waals surface area (Å²) in [5.74, 6) is -3.62. The van der Waals surface area contributed by atoms with Gasteiger partial charge in [0.1, 0.15) is 0 Å². The Kier molecular flexibility index (Phi) is 12.0. The Hall–Kier alpha value is -0.385. The minimum atomic E-state index is -1.23. The van der Waals surface area contributed by atoms with Crippen LogP contribution in [-0.4, -0.2) is 90.0 Å². The molecule has 0 N–H and O–H groups in total. The zero-order valence-corrected chi connectivity index (χ0v) is 17.6. The van der Waals surface area contributed by atoms with Gasteiger partial charge >= 0.3 is 39.9 Å². The second kappa shape index (κ2) is 12.1. The Labute approximate surface area is 186 Å². The van der Waals surface area contributed by atoms with Gasteiger partial charge in [0.05, 0.1) is 17.9 Å². The van der Waals surface area contributed by atoms with Crippen LogP contribution in [0.25, 0.3) is 0 Å². The molecule has 1 aliphatic heterocycles. The van der Waals surface area contributed by atoms with Crippen molar-refractivity contribution in [3.05, 3.63) is 0 Å². The van der Waals surface area contributed by atoms with E-state index < -0.39 is 36.0 Å².